The van der Waals surface area contributed by atoms with E-state index < -0.39 is 15.9 Å². The first-order valence-corrected chi connectivity index (χ1v) is 11.0. The number of halogens is 4. The third-order valence-corrected chi connectivity index (χ3v) is 6.33. The van der Waals surface area contributed by atoms with Gasteiger partial charge in [0.05, 0.1) is 16.3 Å². The van der Waals surface area contributed by atoms with Crippen molar-refractivity contribution in [2.24, 2.45) is 0 Å². The molecular formula is C19H12Cl4N2O3S. The highest BCUT2D eigenvalue weighted by Gasteiger charge is 2.22. The van der Waals surface area contributed by atoms with E-state index in [0.29, 0.717) is 15.7 Å². The SMILES string of the molecule is O=C(Nc1ccc(Cl)cc1)c1cc(Cl)ccc1NS(=O)(=O)c1ccc(Cl)cc1Cl. The van der Waals surface area contributed by atoms with Gasteiger partial charge >= 0.3 is 0 Å². The molecule has 5 nitrogen and oxygen atoms in total. The lowest BCUT2D eigenvalue weighted by Gasteiger charge is -2.14. The molecule has 2 N–H and O–H groups in total. The summed E-state index contributed by atoms with van der Waals surface area (Å²) in [6, 6.07) is 14.6. The molecule has 10 heteroatoms. The highest BCUT2D eigenvalue weighted by atomic mass is 35.5. The number of rotatable bonds is 5. The summed E-state index contributed by atoms with van der Waals surface area (Å²) in [6.07, 6.45) is 0. The molecular weight excluding hydrogens is 478 g/mol. The molecule has 0 heterocycles. The van der Waals surface area contributed by atoms with E-state index in [1.54, 1.807) is 24.3 Å². The lowest BCUT2D eigenvalue weighted by molar-refractivity contribution is 0.102. The molecule has 0 radical (unpaired) electrons. The maximum Gasteiger partial charge on any atom is 0.263 e. The van der Waals surface area contributed by atoms with Crippen LogP contribution in [0.1, 0.15) is 10.4 Å². The number of carbonyl (C=O) groups is 1. The highest BCUT2D eigenvalue weighted by Crippen LogP contribution is 2.29. The fraction of sp³-hybridized carbons (Fsp3) is 0. The zero-order valence-electron chi connectivity index (χ0n) is 14.4. The molecule has 3 aromatic rings. The molecule has 0 saturated heterocycles. The van der Waals surface area contributed by atoms with Crippen molar-refractivity contribution in [2.45, 2.75) is 4.90 Å². The molecule has 0 aromatic heterocycles. The van der Waals surface area contributed by atoms with Crippen molar-refractivity contribution in [3.05, 3.63) is 86.3 Å². The number of carbonyl (C=O) groups excluding carboxylic acids is 1. The minimum atomic E-state index is -4.09. The molecule has 0 spiro atoms. The van der Waals surface area contributed by atoms with Crippen LogP contribution >= 0.6 is 46.4 Å². The van der Waals surface area contributed by atoms with Gasteiger partial charge in [-0.1, -0.05) is 46.4 Å². The lowest BCUT2D eigenvalue weighted by Crippen LogP contribution is -2.19. The smallest absolute Gasteiger partial charge is 0.263 e. The van der Waals surface area contributed by atoms with Crippen molar-refractivity contribution >= 4 is 73.7 Å². The summed E-state index contributed by atoms with van der Waals surface area (Å²) in [6.45, 7) is 0. The number of hydrogen-bond acceptors (Lipinski definition) is 3. The minimum Gasteiger partial charge on any atom is -0.322 e. The van der Waals surface area contributed by atoms with Crippen LogP contribution < -0.4 is 10.0 Å². The minimum absolute atomic E-state index is 0.0288. The van der Waals surface area contributed by atoms with Crippen molar-refractivity contribution in [1.82, 2.24) is 0 Å². The molecule has 0 unspecified atom stereocenters. The van der Waals surface area contributed by atoms with E-state index in [2.05, 4.69) is 10.0 Å². The van der Waals surface area contributed by atoms with Gasteiger partial charge in [-0.05, 0) is 60.7 Å². The predicted molar refractivity (Wildman–Crippen MR) is 118 cm³/mol. The zero-order chi connectivity index (χ0) is 21.2. The largest absolute Gasteiger partial charge is 0.322 e. The maximum absolute atomic E-state index is 12.8. The monoisotopic (exact) mass is 488 g/mol. The average molecular weight is 490 g/mol. The van der Waals surface area contributed by atoms with Gasteiger partial charge in [0, 0.05) is 20.8 Å². The Morgan fingerprint density at radius 2 is 1.34 bits per heavy atom. The van der Waals surface area contributed by atoms with Crippen LogP contribution in [0.2, 0.25) is 20.1 Å². The Morgan fingerprint density at radius 1 is 0.759 bits per heavy atom. The Kier molecular flexibility index (Phi) is 6.61. The summed E-state index contributed by atoms with van der Waals surface area (Å²) in [5, 5.41) is 3.68. The summed E-state index contributed by atoms with van der Waals surface area (Å²) in [4.78, 5) is 12.5. The molecule has 3 aromatic carbocycles. The Hall–Kier alpha value is -1.96. The number of anilines is 2. The Balaban J connectivity index is 1.94. The van der Waals surface area contributed by atoms with Crippen molar-refractivity contribution in [3.8, 4) is 0 Å². The number of nitrogens with one attached hydrogen (secondary N) is 2. The molecule has 3 rings (SSSR count). The number of sulfonamides is 1. The van der Waals surface area contributed by atoms with Crippen LogP contribution in [0.15, 0.2) is 65.6 Å². The first-order chi connectivity index (χ1) is 13.7. The number of amides is 1. The Bertz CT molecular complexity index is 1180. The predicted octanol–water partition coefficient (Wildman–Crippen LogP) is 6.35. The van der Waals surface area contributed by atoms with Crippen molar-refractivity contribution in [3.63, 3.8) is 0 Å². The fourth-order valence-corrected chi connectivity index (χ4v) is 4.57. The van der Waals surface area contributed by atoms with E-state index in [4.69, 9.17) is 46.4 Å². The maximum atomic E-state index is 12.8. The van der Waals surface area contributed by atoms with Gasteiger partial charge < -0.3 is 5.32 Å². The Labute approximate surface area is 187 Å². The van der Waals surface area contributed by atoms with Crippen molar-refractivity contribution < 1.29 is 13.2 Å². The van der Waals surface area contributed by atoms with Crippen LogP contribution in [0, 0.1) is 0 Å². The van der Waals surface area contributed by atoms with Gasteiger partial charge in [0.25, 0.3) is 15.9 Å². The van der Waals surface area contributed by atoms with Gasteiger partial charge in [-0.3, -0.25) is 9.52 Å². The van der Waals surface area contributed by atoms with Gasteiger partial charge in [-0.15, -0.1) is 0 Å². The van der Waals surface area contributed by atoms with Crippen LogP contribution in [0.4, 0.5) is 11.4 Å². The summed E-state index contributed by atoms with van der Waals surface area (Å²) in [5.74, 6) is -0.560. The second kappa shape index (κ2) is 8.81. The fourth-order valence-electron chi connectivity index (χ4n) is 2.42. The first-order valence-electron chi connectivity index (χ1n) is 8.00. The molecule has 29 heavy (non-hydrogen) atoms. The molecule has 0 saturated carbocycles. The third-order valence-electron chi connectivity index (χ3n) is 3.76. The van der Waals surface area contributed by atoms with Crippen molar-refractivity contribution in [1.29, 1.82) is 0 Å². The van der Waals surface area contributed by atoms with Crippen LogP contribution in [0.25, 0.3) is 0 Å². The van der Waals surface area contributed by atoms with Gasteiger partial charge in [0.2, 0.25) is 0 Å². The lowest BCUT2D eigenvalue weighted by atomic mass is 10.1. The summed E-state index contributed by atoms with van der Waals surface area (Å²) in [7, 11) is -4.09. The molecule has 0 aliphatic heterocycles. The molecule has 0 aliphatic rings. The van der Waals surface area contributed by atoms with E-state index in [1.807, 2.05) is 0 Å². The highest BCUT2D eigenvalue weighted by molar-refractivity contribution is 7.92. The van der Waals surface area contributed by atoms with Gasteiger partial charge in [-0.2, -0.15) is 0 Å². The van der Waals surface area contributed by atoms with Crippen LogP contribution in [0.5, 0.6) is 0 Å². The van der Waals surface area contributed by atoms with E-state index in [9.17, 15) is 13.2 Å². The standard InChI is InChI=1S/C19H12Cl4N2O3S/c20-11-1-5-14(6-2-11)24-19(26)15-9-12(21)3-7-17(15)25-29(27,28)18-8-4-13(22)10-16(18)23/h1-10,25H,(H,24,26). The molecule has 150 valence electrons. The van der Waals surface area contributed by atoms with Crippen molar-refractivity contribution in [2.75, 3.05) is 10.0 Å². The summed E-state index contributed by atoms with van der Waals surface area (Å²) < 4.78 is 27.9. The second-order valence-electron chi connectivity index (χ2n) is 5.83. The summed E-state index contributed by atoms with van der Waals surface area (Å²) >= 11 is 23.7. The molecule has 0 bridgehead atoms. The molecule has 0 atom stereocenters. The van der Waals surface area contributed by atoms with Gasteiger partial charge in [0.15, 0.2) is 0 Å². The second-order valence-corrected chi connectivity index (χ2v) is 9.20. The van der Waals surface area contributed by atoms with Crippen LogP contribution in [-0.2, 0) is 10.0 Å². The van der Waals surface area contributed by atoms with Gasteiger partial charge in [0.1, 0.15) is 4.90 Å². The van der Waals surface area contributed by atoms with E-state index in [1.165, 1.54) is 36.4 Å². The summed E-state index contributed by atoms with van der Waals surface area (Å²) in [5.41, 5.74) is 0.543. The van der Waals surface area contributed by atoms with E-state index in [-0.39, 0.29) is 26.2 Å². The normalized spacial score (nSPS) is 11.2. The third kappa shape index (κ3) is 5.35. The average Bonchev–Trinajstić information content (AvgIpc) is 2.64. The Morgan fingerprint density at radius 3 is 2.00 bits per heavy atom. The number of benzene rings is 3. The molecule has 0 fully saturated rings. The quantitative estimate of drug-likeness (QED) is 0.438. The molecule has 0 aliphatic carbocycles. The first kappa shape index (κ1) is 21.7. The number of hydrogen-bond donors (Lipinski definition) is 2. The van der Waals surface area contributed by atoms with Crippen LogP contribution in [0.3, 0.4) is 0 Å². The van der Waals surface area contributed by atoms with Crippen LogP contribution in [-0.4, -0.2) is 14.3 Å². The zero-order valence-corrected chi connectivity index (χ0v) is 18.3. The van der Waals surface area contributed by atoms with E-state index in [0.717, 1.165) is 0 Å². The van der Waals surface area contributed by atoms with E-state index >= 15 is 0 Å². The topological polar surface area (TPSA) is 75.3 Å². The van der Waals surface area contributed by atoms with Gasteiger partial charge in [-0.25, -0.2) is 8.42 Å². The molecule has 1 amide bonds.